The maximum atomic E-state index is 12.4. The number of primary amides is 1. The summed E-state index contributed by atoms with van der Waals surface area (Å²) in [6.45, 7) is -0.205. The first-order chi connectivity index (χ1) is 11.6. The average Bonchev–Trinajstić information content (AvgIpc) is 2.95. The van der Waals surface area contributed by atoms with Crippen molar-refractivity contribution < 1.29 is 14.3 Å². The summed E-state index contributed by atoms with van der Waals surface area (Å²) in [4.78, 5) is 25.1. The van der Waals surface area contributed by atoms with Gasteiger partial charge < -0.3 is 10.5 Å². The summed E-state index contributed by atoms with van der Waals surface area (Å²) in [7, 11) is 0. The number of amides is 2. The molecule has 1 atom stereocenters. The second-order valence-corrected chi connectivity index (χ2v) is 6.70. The lowest BCUT2D eigenvalue weighted by Gasteiger charge is -2.25. The van der Waals surface area contributed by atoms with E-state index < -0.39 is 5.91 Å². The van der Waals surface area contributed by atoms with E-state index in [-0.39, 0.29) is 17.9 Å². The predicted molar refractivity (Wildman–Crippen MR) is 95.3 cm³/mol. The molecular formula is C17H15ClN2O3S. The van der Waals surface area contributed by atoms with Crippen LogP contribution in [0.15, 0.2) is 48.5 Å². The van der Waals surface area contributed by atoms with E-state index in [0.717, 1.165) is 11.3 Å². The Morgan fingerprint density at radius 1 is 1.25 bits per heavy atom. The second-order valence-electron chi connectivity index (χ2n) is 5.20. The van der Waals surface area contributed by atoms with Gasteiger partial charge in [-0.15, -0.1) is 11.8 Å². The lowest BCUT2D eigenvalue weighted by molar-refractivity contribution is -0.120. The van der Waals surface area contributed by atoms with Crippen molar-refractivity contribution in [3.05, 3.63) is 59.1 Å². The number of thioether (sulfide) groups is 1. The number of hydrogen-bond acceptors (Lipinski definition) is 4. The number of para-hydroxylation sites is 1. The minimum Gasteiger partial charge on any atom is -0.483 e. The van der Waals surface area contributed by atoms with Gasteiger partial charge in [0.2, 0.25) is 5.91 Å². The van der Waals surface area contributed by atoms with Gasteiger partial charge in [-0.2, -0.15) is 0 Å². The van der Waals surface area contributed by atoms with Gasteiger partial charge in [0.05, 0.1) is 5.75 Å². The van der Waals surface area contributed by atoms with Crippen molar-refractivity contribution in [1.82, 2.24) is 0 Å². The van der Waals surface area contributed by atoms with Crippen molar-refractivity contribution in [2.24, 2.45) is 5.73 Å². The highest BCUT2D eigenvalue weighted by atomic mass is 35.5. The van der Waals surface area contributed by atoms with Crippen molar-refractivity contribution in [1.29, 1.82) is 0 Å². The standard InChI is InChI=1S/C17H15ClN2O3S/c18-11-5-7-12(8-6-11)20-16(22)10-24-17(20)13-3-1-2-4-14(13)23-9-15(19)21/h1-8,17H,9-10H2,(H2,19,21)/t17-/m1/s1. The summed E-state index contributed by atoms with van der Waals surface area (Å²) < 4.78 is 5.50. The molecule has 0 spiro atoms. The predicted octanol–water partition coefficient (Wildman–Crippen LogP) is 2.98. The number of nitrogens with two attached hydrogens (primary N) is 1. The molecule has 2 N–H and O–H groups in total. The Labute approximate surface area is 148 Å². The molecule has 24 heavy (non-hydrogen) atoms. The molecule has 1 saturated heterocycles. The molecule has 1 heterocycles. The first-order valence-corrected chi connectivity index (χ1v) is 8.68. The third-order valence-corrected chi connectivity index (χ3v) is 4.97. The fraction of sp³-hybridized carbons (Fsp3) is 0.176. The van der Waals surface area contributed by atoms with E-state index in [2.05, 4.69) is 0 Å². The quantitative estimate of drug-likeness (QED) is 0.887. The van der Waals surface area contributed by atoms with Gasteiger partial charge in [0.25, 0.3) is 5.91 Å². The van der Waals surface area contributed by atoms with Crippen LogP contribution < -0.4 is 15.4 Å². The average molecular weight is 363 g/mol. The van der Waals surface area contributed by atoms with E-state index in [0.29, 0.717) is 16.5 Å². The van der Waals surface area contributed by atoms with Gasteiger partial charge in [-0.05, 0) is 30.3 Å². The number of halogens is 1. The van der Waals surface area contributed by atoms with Crippen LogP contribution in [0.4, 0.5) is 5.69 Å². The SMILES string of the molecule is NC(=O)COc1ccccc1[C@H]1SCC(=O)N1c1ccc(Cl)cc1. The summed E-state index contributed by atoms with van der Waals surface area (Å²) in [5, 5.41) is 0.377. The van der Waals surface area contributed by atoms with Crippen LogP contribution in [-0.4, -0.2) is 24.2 Å². The highest BCUT2D eigenvalue weighted by molar-refractivity contribution is 8.00. The topological polar surface area (TPSA) is 72.6 Å². The fourth-order valence-corrected chi connectivity index (χ4v) is 3.83. The molecule has 0 bridgehead atoms. The summed E-state index contributed by atoms with van der Waals surface area (Å²) in [6.07, 6.45) is 0. The van der Waals surface area contributed by atoms with Gasteiger partial charge in [-0.3, -0.25) is 14.5 Å². The maximum Gasteiger partial charge on any atom is 0.255 e. The molecule has 1 fully saturated rings. The molecule has 0 radical (unpaired) electrons. The molecule has 0 saturated carbocycles. The highest BCUT2D eigenvalue weighted by Gasteiger charge is 2.35. The first kappa shape index (κ1) is 16.7. The number of ether oxygens (including phenoxy) is 1. The van der Waals surface area contributed by atoms with E-state index in [4.69, 9.17) is 22.1 Å². The Balaban J connectivity index is 1.94. The van der Waals surface area contributed by atoms with Crippen molar-refractivity contribution >= 4 is 40.9 Å². The highest BCUT2D eigenvalue weighted by Crippen LogP contribution is 2.44. The number of benzene rings is 2. The molecule has 2 amide bonds. The van der Waals surface area contributed by atoms with Gasteiger partial charge in [-0.25, -0.2) is 0 Å². The summed E-state index contributed by atoms with van der Waals surface area (Å²) in [5.41, 5.74) is 6.74. The zero-order valence-electron chi connectivity index (χ0n) is 12.6. The summed E-state index contributed by atoms with van der Waals surface area (Å²) in [5.74, 6) is 0.381. The number of carbonyl (C=O) groups excluding carboxylic acids is 2. The van der Waals surface area contributed by atoms with Crippen LogP contribution in [0.2, 0.25) is 5.02 Å². The largest absolute Gasteiger partial charge is 0.483 e. The third-order valence-electron chi connectivity index (χ3n) is 3.53. The fourth-order valence-electron chi connectivity index (χ4n) is 2.50. The molecule has 0 unspecified atom stereocenters. The number of carbonyl (C=O) groups is 2. The monoisotopic (exact) mass is 362 g/mol. The van der Waals surface area contributed by atoms with Crippen LogP contribution in [0.5, 0.6) is 5.75 Å². The summed E-state index contributed by atoms with van der Waals surface area (Å²) in [6, 6.07) is 14.5. The van der Waals surface area contributed by atoms with E-state index in [1.807, 2.05) is 30.3 Å². The van der Waals surface area contributed by atoms with Gasteiger partial charge in [-0.1, -0.05) is 29.8 Å². The molecule has 2 aromatic carbocycles. The van der Waals surface area contributed by atoms with Crippen molar-refractivity contribution in [3.8, 4) is 5.75 Å². The minimum absolute atomic E-state index is 0.0111. The molecule has 2 aromatic rings. The molecule has 1 aliphatic rings. The van der Waals surface area contributed by atoms with Gasteiger partial charge >= 0.3 is 0 Å². The Kier molecular flexibility index (Phi) is 4.97. The van der Waals surface area contributed by atoms with E-state index in [9.17, 15) is 9.59 Å². The number of rotatable bonds is 5. The number of nitrogens with zero attached hydrogens (tertiary/aromatic N) is 1. The van der Waals surface area contributed by atoms with E-state index in [1.54, 1.807) is 23.1 Å². The normalized spacial score (nSPS) is 17.1. The van der Waals surface area contributed by atoms with Crippen molar-refractivity contribution in [2.75, 3.05) is 17.3 Å². The zero-order valence-corrected chi connectivity index (χ0v) is 14.2. The Hall–Kier alpha value is -2.18. The van der Waals surface area contributed by atoms with Crippen LogP contribution in [-0.2, 0) is 9.59 Å². The van der Waals surface area contributed by atoms with Crippen molar-refractivity contribution in [2.45, 2.75) is 5.37 Å². The summed E-state index contributed by atoms with van der Waals surface area (Å²) >= 11 is 7.44. The molecule has 5 nitrogen and oxygen atoms in total. The maximum absolute atomic E-state index is 12.4. The lowest BCUT2D eigenvalue weighted by atomic mass is 10.1. The van der Waals surface area contributed by atoms with Crippen LogP contribution >= 0.6 is 23.4 Å². The van der Waals surface area contributed by atoms with Crippen LogP contribution in [0.3, 0.4) is 0 Å². The third kappa shape index (κ3) is 3.49. The van der Waals surface area contributed by atoms with E-state index in [1.165, 1.54) is 11.8 Å². The molecule has 3 rings (SSSR count). The van der Waals surface area contributed by atoms with Gasteiger partial charge in [0.1, 0.15) is 11.1 Å². The molecule has 0 aromatic heterocycles. The van der Waals surface area contributed by atoms with Crippen LogP contribution in [0, 0.1) is 0 Å². The van der Waals surface area contributed by atoms with Crippen LogP contribution in [0.25, 0.3) is 0 Å². The number of hydrogen-bond donors (Lipinski definition) is 1. The Bertz CT molecular complexity index is 767. The van der Waals surface area contributed by atoms with Gasteiger partial charge in [0, 0.05) is 16.3 Å². The number of anilines is 1. The minimum atomic E-state index is -0.547. The van der Waals surface area contributed by atoms with E-state index >= 15 is 0 Å². The van der Waals surface area contributed by atoms with Crippen molar-refractivity contribution in [3.63, 3.8) is 0 Å². The zero-order chi connectivity index (χ0) is 17.1. The molecular weight excluding hydrogens is 348 g/mol. The first-order valence-electron chi connectivity index (χ1n) is 7.25. The molecule has 7 heteroatoms. The molecule has 124 valence electrons. The lowest BCUT2D eigenvalue weighted by Crippen LogP contribution is -2.28. The molecule has 0 aliphatic carbocycles. The van der Waals surface area contributed by atoms with Gasteiger partial charge in [0.15, 0.2) is 6.61 Å². The second kappa shape index (κ2) is 7.15. The molecule has 1 aliphatic heterocycles. The smallest absolute Gasteiger partial charge is 0.255 e. The van der Waals surface area contributed by atoms with Crippen LogP contribution in [0.1, 0.15) is 10.9 Å². The Morgan fingerprint density at radius 3 is 2.67 bits per heavy atom. The Morgan fingerprint density at radius 2 is 1.96 bits per heavy atom.